The summed E-state index contributed by atoms with van der Waals surface area (Å²) in [6.45, 7) is 1.28. The average molecular weight is 432 g/mol. The maximum atomic E-state index is 11.6. The number of aromatic amines is 1. The molecule has 9 heteroatoms. The highest BCUT2D eigenvalue weighted by Gasteiger charge is 2.36. The van der Waals surface area contributed by atoms with E-state index in [1.165, 1.54) is 21.1 Å². The Kier molecular flexibility index (Phi) is 5.43. The van der Waals surface area contributed by atoms with Gasteiger partial charge in [0.1, 0.15) is 11.6 Å². The van der Waals surface area contributed by atoms with Crippen molar-refractivity contribution in [3.63, 3.8) is 0 Å². The van der Waals surface area contributed by atoms with Crippen LogP contribution in [0, 0.1) is 11.3 Å². The molecular formula is C23H20N4O5. The lowest BCUT2D eigenvalue weighted by Gasteiger charge is -2.25. The van der Waals surface area contributed by atoms with E-state index in [-0.39, 0.29) is 34.6 Å². The zero-order valence-electron chi connectivity index (χ0n) is 17.6. The molecule has 32 heavy (non-hydrogen) atoms. The van der Waals surface area contributed by atoms with Gasteiger partial charge in [-0.25, -0.2) is 0 Å². The Balaban J connectivity index is 1.97. The van der Waals surface area contributed by atoms with Crippen LogP contribution in [0.2, 0.25) is 0 Å². The molecule has 2 heterocycles. The number of carbonyl (C=O) groups is 1. The molecule has 0 amide bonds. The molecule has 0 saturated heterocycles. The second kappa shape index (κ2) is 8.35. The first-order chi connectivity index (χ1) is 15.5. The number of nitrogens with two attached hydrogens (primary N) is 1. The van der Waals surface area contributed by atoms with Crippen LogP contribution >= 0.6 is 0 Å². The Morgan fingerprint density at radius 3 is 2.41 bits per heavy atom. The van der Waals surface area contributed by atoms with Crippen LogP contribution in [0.5, 0.6) is 23.1 Å². The second-order valence-electron chi connectivity index (χ2n) is 6.96. The third-order valence-electron chi connectivity index (χ3n) is 5.06. The molecule has 4 rings (SSSR count). The number of allylic oxidation sites excluding steroid dienone is 1. The molecule has 3 aromatic rings. The summed E-state index contributed by atoms with van der Waals surface area (Å²) in [5.41, 5.74) is 9.09. The van der Waals surface area contributed by atoms with Gasteiger partial charge in [0, 0.05) is 6.92 Å². The molecule has 1 unspecified atom stereocenters. The highest BCUT2D eigenvalue weighted by Crippen LogP contribution is 2.49. The topological polar surface area (TPSA) is 132 Å². The number of fused-ring (bicyclic) bond motifs is 1. The van der Waals surface area contributed by atoms with Gasteiger partial charge in [0.05, 0.1) is 31.4 Å². The monoisotopic (exact) mass is 432 g/mol. The predicted molar refractivity (Wildman–Crippen MR) is 114 cm³/mol. The number of benzene rings is 2. The number of nitrogens with zero attached hydrogens (tertiary/aromatic N) is 2. The maximum Gasteiger partial charge on any atom is 0.308 e. The van der Waals surface area contributed by atoms with Gasteiger partial charge in [0.15, 0.2) is 11.5 Å². The van der Waals surface area contributed by atoms with Crippen LogP contribution in [0.4, 0.5) is 0 Å². The molecule has 0 spiro atoms. The van der Waals surface area contributed by atoms with Crippen molar-refractivity contribution in [3.05, 3.63) is 65.0 Å². The smallest absolute Gasteiger partial charge is 0.308 e. The number of aromatic nitrogens is 2. The molecular weight excluding hydrogens is 412 g/mol. The van der Waals surface area contributed by atoms with Gasteiger partial charge in [0.2, 0.25) is 17.5 Å². The first-order valence-corrected chi connectivity index (χ1v) is 9.64. The zero-order valence-corrected chi connectivity index (χ0v) is 17.6. The van der Waals surface area contributed by atoms with Crippen molar-refractivity contribution in [2.24, 2.45) is 5.73 Å². The van der Waals surface area contributed by atoms with Crippen LogP contribution in [-0.2, 0) is 4.79 Å². The molecule has 3 N–H and O–H groups in total. The molecule has 9 nitrogen and oxygen atoms in total. The first kappa shape index (κ1) is 20.8. The van der Waals surface area contributed by atoms with Crippen molar-refractivity contribution < 1.29 is 23.7 Å². The fraction of sp³-hybridized carbons (Fsp3) is 0.174. The number of nitrogens with one attached hydrogen (secondary N) is 1. The van der Waals surface area contributed by atoms with E-state index in [1.807, 2.05) is 30.3 Å². The van der Waals surface area contributed by atoms with E-state index in [1.54, 1.807) is 12.1 Å². The lowest BCUT2D eigenvalue weighted by atomic mass is 9.82. The van der Waals surface area contributed by atoms with Crippen LogP contribution in [-0.4, -0.2) is 30.4 Å². The number of carbonyl (C=O) groups excluding carboxylic acids is 1. The van der Waals surface area contributed by atoms with Crippen molar-refractivity contribution in [2.45, 2.75) is 12.8 Å². The summed E-state index contributed by atoms with van der Waals surface area (Å²) < 4.78 is 21.8. The number of rotatable bonds is 5. The molecule has 0 aliphatic carbocycles. The van der Waals surface area contributed by atoms with E-state index < -0.39 is 11.9 Å². The molecule has 0 radical (unpaired) electrons. The summed E-state index contributed by atoms with van der Waals surface area (Å²) in [4.78, 5) is 11.6. The fourth-order valence-corrected chi connectivity index (χ4v) is 3.71. The van der Waals surface area contributed by atoms with Crippen LogP contribution in [0.3, 0.4) is 0 Å². The van der Waals surface area contributed by atoms with Crippen LogP contribution in [0.15, 0.2) is 53.9 Å². The minimum Gasteiger partial charge on any atom is -0.493 e. The van der Waals surface area contributed by atoms with Gasteiger partial charge in [-0.2, -0.15) is 5.26 Å². The summed E-state index contributed by atoms with van der Waals surface area (Å²) in [6, 6.07) is 15.0. The van der Waals surface area contributed by atoms with E-state index in [4.69, 9.17) is 24.7 Å². The van der Waals surface area contributed by atoms with E-state index >= 15 is 0 Å². The number of esters is 1. The number of hydrogen-bond donors (Lipinski definition) is 2. The Morgan fingerprint density at radius 2 is 1.84 bits per heavy atom. The third kappa shape index (κ3) is 3.48. The van der Waals surface area contributed by atoms with Gasteiger partial charge >= 0.3 is 5.97 Å². The third-order valence-corrected chi connectivity index (χ3v) is 5.06. The fourth-order valence-electron chi connectivity index (χ4n) is 3.71. The SMILES string of the molecule is COc1cc(C2C(C#N)=C(N)Oc3n[nH]c(-c4ccccc4)c32)cc(OC)c1OC(C)=O. The molecule has 2 aromatic carbocycles. The number of ether oxygens (including phenoxy) is 4. The van der Waals surface area contributed by atoms with Gasteiger partial charge in [-0.15, -0.1) is 5.10 Å². The highest BCUT2D eigenvalue weighted by molar-refractivity contribution is 5.74. The molecule has 1 atom stereocenters. The van der Waals surface area contributed by atoms with E-state index in [0.717, 1.165) is 5.56 Å². The predicted octanol–water partition coefficient (Wildman–Crippen LogP) is 3.24. The summed E-state index contributed by atoms with van der Waals surface area (Å²) in [5, 5.41) is 17.2. The minimum atomic E-state index is -0.633. The first-order valence-electron chi connectivity index (χ1n) is 9.64. The van der Waals surface area contributed by atoms with E-state index in [9.17, 15) is 10.1 Å². The number of hydrogen-bond acceptors (Lipinski definition) is 8. The maximum absolute atomic E-state index is 11.6. The Labute approximate surface area is 184 Å². The molecule has 0 saturated carbocycles. The standard InChI is InChI=1S/C23H20N4O5/c1-12(28)31-21-16(29-2)9-14(10-17(21)30-3)18-15(11-24)22(25)32-23-19(18)20(26-27-23)13-7-5-4-6-8-13/h4-10,18H,25H2,1-3H3,(H,26,27). The zero-order chi connectivity index (χ0) is 22.8. The number of H-pyrrole nitrogens is 1. The molecule has 1 aliphatic heterocycles. The molecule has 0 fully saturated rings. The summed E-state index contributed by atoms with van der Waals surface area (Å²) in [6.07, 6.45) is 0. The lowest BCUT2D eigenvalue weighted by molar-refractivity contribution is -0.132. The van der Waals surface area contributed by atoms with E-state index in [0.29, 0.717) is 16.8 Å². The van der Waals surface area contributed by atoms with Crippen LogP contribution < -0.4 is 24.7 Å². The van der Waals surface area contributed by atoms with Gasteiger partial charge in [-0.1, -0.05) is 30.3 Å². The van der Waals surface area contributed by atoms with Gasteiger partial charge in [0.25, 0.3) is 0 Å². The highest BCUT2D eigenvalue weighted by atomic mass is 16.6. The van der Waals surface area contributed by atoms with Gasteiger partial charge in [-0.3, -0.25) is 9.89 Å². The average Bonchev–Trinajstić information content (AvgIpc) is 3.21. The molecule has 162 valence electrons. The van der Waals surface area contributed by atoms with Crippen LogP contribution in [0.1, 0.15) is 24.0 Å². The van der Waals surface area contributed by atoms with Crippen molar-refractivity contribution in [1.29, 1.82) is 5.26 Å². The minimum absolute atomic E-state index is 0.0434. The van der Waals surface area contributed by atoms with Crippen molar-refractivity contribution in [1.82, 2.24) is 10.2 Å². The lowest BCUT2D eigenvalue weighted by Crippen LogP contribution is -2.21. The van der Waals surface area contributed by atoms with Gasteiger partial charge in [-0.05, 0) is 23.3 Å². The van der Waals surface area contributed by atoms with E-state index in [2.05, 4.69) is 16.3 Å². The van der Waals surface area contributed by atoms with Crippen molar-refractivity contribution >= 4 is 5.97 Å². The molecule has 0 bridgehead atoms. The normalized spacial score (nSPS) is 14.8. The Bertz CT molecular complexity index is 1230. The van der Waals surface area contributed by atoms with Crippen LogP contribution in [0.25, 0.3) is 11.3 Å². The van der Waals surface area contributed by atoms with Crippen molar-refractivity contribution in [2.75, 3.05) is 14.2 Å². The molecule has 1 aliphatic rings. The largest absolute Gasteiger partial charge is 0.493 e. The molecule has 1 aromatic heterocycles. The summed E-state index contributed by atoms with van der Waals surface area (Å²) in [7, 11) is 2.90. The van der Waals surface area contributed by atoms with Crippen molar-refractivity contribution in [3.8, 4) is 40.5 Å². The quantitative estimate of drug-likeness (QED) is 0.464. The number of methoxy groups -OCH3 is 2. The van der Waals surface area contributed by atoms with Gasteiger partial charge < -0.3 is 24.7 Å². The number of nitriles is 1. The summed E-state index contributed by atoms with van der Waals surface area (Å²) >= 11 is 0. The Morgan fingerprint density at radius 1 is 1.19 bits per heavy atom. The summed E-state index contributed by atoms with van der Waals surface area (Å²) in [5.74, 6) is -0.251. The second-order valence-corrected chi connectivity index (χ2v) is 6.96. The Hall–Kier alpha value is -4.45.